The van der Waals surface area contributed by atoms with Gasteiger partial charge in [0.25, 0.3) is 5.56 Å². The maximum absolute atomic E-state index is 12.1. The highest BCUT2D eigenvalue weighted by Gasteiger charge is 2.22. The van der Waals surface area contributed by atoms with Gasteiger partial charge >= 0.3 is 5.97 Å². The molecule has 1 unspecified atom stereocenters. The van der Waals surface area contributed by atoms with Gasteiger partial charge in [-0.05, 0) is 31.7 Å². The van der Waals surface area contributed by atoms with E-state index < -0.39 is 11.2 Å². The molecule has 0 aliphatic heterocycles. The van der Waals surface area contributed by atoms with Crippen LogP contribution in [-0.2, 0) is 17.6 Å². The first-order chi connectivity index (χ1) is 9.06. The molecule has 0 saturated heterocycles. The van der Waals surface area contributed by atoms with E-state index in [1.807, 2.05) is 0 Å². The Morgan fingerprint density at radius 1 is 1.53 bits per heavy atom. The number of nitrogens with zero attached hydrogens (tertiary/aromatic N) is 1. The van der Waals surface area contributed by atoms with Gasteiger partial charge in [-0.2, -0.15) is 0 Å². The van der Waals surface area contributed by atoms with Crippen LogP contribution in [0, 0.1) is 0 Å². The summed E-state index contributed by atoms with van der Waals surface area (Å²) >= 11 is 2.62. The molecule has 0 bridgehead atoms. The van der Waals surface area contributed by atoms with E-state index in [2.05, 4.69) is 9.97 Å². The zero-order chi connectivity index (χ0) is 13.6. The Morgan fingerprint density at radius 2 is 2.32 bits per heavy atom. The Morgan fingerprint density at radius 3 is 3.05 bits per heavy atom. The third-order valence-corrected chi connectivity index (χ3v) is 5.35. The zero-order valence-electron chi connectivity index (χ0n) is 10.2. The van der Waals surface area contributed by atoms with E-state index in [0.717, 1.165) is 41.4 Å². The summed E-state index contributed by atoms with van der Waals surface area (Å²) in [6, 6.07) is 0. The Labute approximate surface area is 117 Å². The molecule has 2 aromatic heterocycles. The normalized spacial score (nSPS) is 15.6. The molecule has 5 nitrogen and oxygen atoms in total. The van der Waals surface area contributed by atoms with Crippen LogP contribution in [0.3, 0.4) is 0 Å². The van der Waals surface area contributed by atoms with E-state index in [0.29, 0.717) is 10.5 Å². The van der Waals surface area contributed by atoms with Gasteiger partial charge in [-0.1, -0.05) is 11.8 Å². The Hall–Kier alpha value is -1.34. The molecule has 3 rings (SSSR count). The second-order valence-electron chi connectivity index (χ2n) is 4.51. The summed E-state index contributed by atoms with van der Waals surface area (Å²) in [6.45, 7) is 1.57. The van der Waals surface area contributed by atoms with Crippen molar-refractivity contribution in [2.75, 3.05) is 0 Å². The summed E-state index contributed by atoms with van der Waals surface area (Å²) < 4.78 is 0. The third-order valence-electron chi connectivity index (χ3n) is 3.19. The number of hydrogen-bond donors (Lipinski definition) is 2. The number of carboxylic acids is 1. The molecule has 0 spiro atoms. The molecular formula is C12H12N2O3S2. The molecule has 0 amide bonds. The number of aromatic nitrogens is 2. The first kappa shape index (κ1) is 12.7. The van der Waals surface area contributed by atoms with Crippen LogP contribution in [0.1, 0.15) is 23.8 Å². The van der Waals surface area contributed by atoms with Crippen molar-refractivity contribution in [2.24, 2.45) is 0 Å². The average Bonchev–Trinajstić information content (AvgIpc) is 2.87. The Kier molecular flexibility index (Phi) is 3.10. The molecule has 0 saturated carbocycles. The zero-order valence-corrected chi connectivity index (χ0v) is 11.9. The van der Waals surface area contributed by atoms with Crippen molar-refractivity contribution in [1.82, 2.24) is 9.97 Å². The van der Waals surface area contributed by atoms with Gasteiger partial charge in [-0.25, -0.2) is 4.98 Å². The van der Waals surface area contributed by atoms with Gasteiger partial charge < -0.3 is 10.1 Å². The number of thioether (sulfide) groups is 1. The largest absolute Gasteiger partial charge is 0.480 e. The number of carbonyl (C=O) groups is 1. The summed E-state index contributed by atoms with van der Waals surface area (Å²) in [7, 11) is 0. The minimum atomic E-state index is -0.915. The number of thiophene rings is 1. The summed E-state index contributed by atoms with van der Waals surface area (Å²) in [5.41, 5.74) is 0.987. The van der Waals surface area contributed by atoms with E-state index in [1.165, 1.54) is 4.88 Å². The van der Waals surface area contributed by atoms with Gasteiger partial charge in [-0.3, -0.25) is 9.59 Å². The monoisotopic (exact) mass is 296 g/mol. The number of hydrogen-bond acceptors (Lipinski definition) is 5. The fourth-order valence-corrected chi connectivity index (χ4v) is 4.31. The molecule has 2 N–H and O–H groups in total. The second-order valence-corrected chi connectivity index (χ2v) is 6.92. The van der Waals surface area contributed by atoms with E-state index in [9.17, 15) is 9.59 Å². The SMILES string of the molecule is CC(Sc1nc2sc3c(c2c(=O)[nH]1)CCC3)C(=O)O. The number of aryl methyl sites for hydroxylation is 2. The van der Waals surface area contributed by atoms with Crippen LogP contribution in [0.2, 0.25) is 0 Å². The molecular weight excluding hydrogens is 284 g/mol. The highest BCUT2D eigenvalue weighted by atomic mass is 32.2. The van der Waals surface area contributed by atoms with Crippen LogP contribution < -0.4 is 5.56 Å². The maximum atomic E-state index is 12.1. The molecule has 2 aromatic rings. The minimum absolute atomic E-state index is 0.149. The fraction of sp³-hybridized carbons (Fsp3) is 0.417. The number of nitrogens with one attached hydrogen (secondary N) is 1. The molecule has 7 heteroatoms. The lowest BCUT2D eigenvalue weighted by molar-refractivity contribution is -0.136. The molecule has 0 aromatic carbocycles. The maximum Gasteiger partial charge on any atom is 0.316 e. The van der Waals surface area contributed by atoms with Crippen LogP contribution in [0.25, 0.3) is 10.2 Å². The Bertz CT molecular complexity index is 720. The smallest absolute Gasteiger partial charge is 0.316 e. The lowest BCUT2D eigenvalue weighted by Gasteiger charge is -2.04. The van der Waals surface area contributed by atoms with Crippen LogP contribution in [0.15, 0.2) is 9.95 Å². The molecule has 1 aliphatic rings. The van der Waals surface area contributed by atoms with Crippen molar-refractivity contribution >= 4 is 39.3 Å². The Balaban J connectivity index is 2.06. The van der Waals surface area contributed by atoms with Crippen molar-refractivity contribution in [1.29, 1.82) is 0 Å². The molecule has 2 heterocycles. The predicted molar refractivity (Wildman–Crippen MR) is 75.2 cm³/mol. The average molecular weight is 296 g/mol. The number of rotatable bonds is 3. The second kappa shape index (κ2) is 4.64. The standard InChI is InChI=1S/C12H12N2O3S2/c1-5(11(16)17)18-12-13-9(15)8-6-3-2-4-7(6)19-10(8)14-12/h5H,2-4H2,1H3,(H,16,17)(H,13,14,15). The van der Waals surface area contributed by atoms with Crippen molar-refractivity contribution < 1.29 is 9.90 Å². The number of aromatic amines is 1. The highest BCUT2D eigenvalue weighted by molar-refractivity contribution is 8.00. The lowest BCUT2D eigenvalue weighted by atomic mass is 10.2. The van der Waals surface area contributed by atoms with E-state index in [1.54, 1.807) is 18.3 Å². The van der Waals surface area contributed by atoms with E-state index in [-0.39, 0.29) is 5.56 Å². The van der Waals surface area contributed by atoms with E-state index >= 15 is 0 Å². The third kappa shape index (κ3) is 2.17. The number of aliphatic carboxylic acids is 1. The molecule has 100 valence electrons. The van der Waals surface area contributed by atoms with Crippen LogP contribution in [0.5, 0.6) is 0 Å². The predicted octanol–water partition coefficient (Wildman–Crippen LogP) is 2.04. The number of H-pyrrole nitrogens is 1. The van der Waals surface area contributed by atoms with Gasteiger partial charge in [0.2, 0.25) is 0 Å². The summed E-state index contributed by atoms with van der Waals surface area (Å²) in [4.78, 5) is 32.0. The van der Waals surface area contributed by atoms with Gasteiger partial charge in [0.1, 0.15) is 10.1 Å². The summed E-state index contributed by atoms with van der Waals surface area (Å²) in [6.07, 6.45) is 3.06. The van der Waals surface area contributed by atoms with Gasteiger partial charge in [0.05, 0.1) is 5.39 Å². The van der Waals surface area contributed by atoms with Gasteiger partial charge in [0.15, 0.2) is 5.16 Å². The van der Waals surface area contributed by atoms with Crippen molar-refractivity contribution in [3.05, 3.63) is 20.8 Å². The minimum Gasteiger partial charge on any atom is -0.480 e. The summed E-state index contributed by atoms with van der Waals surface area (Å²) in [5, 5.41) is 9.33. The van der Waals surface area contributed by atoms with E-state index in [4.69, 9.17) is 5.11 Å². The van der Waals surface area contributed by atoms with Crippen LogP contribution in [-0.4, -0.2) is 26.3 Å². The first-order valence-electron chi connectivity index (χ1n) is 6.00. The topological polar surface area (TPSA) is 83.0 Å². The van der Waals surface area contributed by atoms with Gasteiger partial charge in [-0.15, -0.1) is 11.3 Å². The highest BCUT2D eigenvalue weighted by Crippen LogP contribution is 2.35. The first-order valence-corrected chi connectivity index (χ1v) is 7.70. The van der Waals surface area contributed by atoms with Crippen LogP contribution in [0.4, 0.5) is 0 Å². The van der Waals surface area contributed by atoms with Crippen molar-refractivity contribution in [2.45, 2.75) is 36.6 Å². The number of fused-ring (bicyclic) bond motifs is 3. The molecule has 19 heavy (non-hydrogen) atoms. The van der Waals surface area contributed by atoms with Crippen molar-refractivity contribution in [3.63, 3.8) is 0 Å². The molecule has 1 aliphatic carbocycles. The fourth-order valence-electron chi connectivity index (χ4n) is 2.26. The van der Waals surface area contributed by atoms with Crippen LogP contribution >= 0.6 is 23.1 Å². The molecule has 0 radical (unpaired) electrons. The quantitative estimate of drug-likeness (QED) is 0.669. The number of carboxylic acid groups (broad SMARTS) is 1. The molecule has 0 fully saturated rings. The summed E-state index contributed by atoms with van der Waals surface area (Å²) in [5.74, 6) is -0.915. The lowest BCUT2D eigenvalue weighted by Crippen LogP contribution is -2.15. The molecule has 1 atom stereocenters. The van der Waals surface area contributed by atoms with Gasteiger partial charge in [0, 0.05) is 4.88 Å². The van der Waals surface area contributed by atoms with Crippen molar-refractivity contribution in [3.8, 4) is 0 Å².